The maximum atomic E-state index is 12.2. The number of nitrogens with one attached hydrogen (secondary N) is 2. The fraction of sp³-hybridized carbons (Fsp3) is 0.917. The molecule has 0 spiro atoms. The highest BCUT2D eigenvalue weighted by atomic mass is 32.2. The third-order valence-electron chi connectivity index (χ3n) is 3.07. The van der Waals surface area contributed by atoms with Crippen LogP contribution in [-0.2, 0) is 14.9 Å². The molecule has 1 aliphatic rings. The lowest BCUT2D eigenvalue weighted by Gasteiger charge is -2.34. The molecule has 0 aromatic carbocycles. The predicted molar refractivity (Wildman–Crippen MR) is 76.6 cm³/mol. The molecule has 0 saturated carbocycles. The van der Waals surface area contributed by atoms with Crippen molar-refractivity contribution < 1.29 is 17.9 Å². The van der Waals surface area contributed by atoms with Crippen LogP contribution in [0.5, 0.6) is 0 Å². The zero-order chi connectivity index (χ0) is 15.2. The number of likely N-dealkylation sites (N-methyl/N-ethyl adjacent to an activating group) is 1. The Hall–Kier alpha value is -0.860. The lowest BCUT2D eigenvalue weighted by Crippen LogP contribution is -2.53. The van der Waals surface area contributed by atoms with Crippen molar-refractivity contribution in [3.8, 4) is 0 Å². The van der Waals surface area contributed by atoms with Crippen LogP contribution < -0.4 is 10.0 Å². The first-order valence-electron chi connectivity index (χ1n) is 7.07. The van der Waals surface area contributed by atoms with Crippen LogP contribution in [0.3, 0.4) is 0 Å². The van der Waals surface area contributed by atoms with Gasteiger partial charge >= 0.3 is 16.3 Å². The summed E-state index contributed by atoms with van der Waals surface area (Å²) in [6.07, 6.45) is 1.32. The summed E-state index contributed by atoms with van der Waals surface area (Å²) in [7, 11) is -3.84. The van der Waals surface area contributed by atoms with Crippen LogP contribution in [0.1, 0.15) is 40.0 Å². The van der Waals surface area contributed by atoms with Gasteiger partial charge in [0.1, 0.15) is 0 Å². The lowest BCUT2D eigenvalue weighted by atomic mass is 10.1. The van der Waals surface area contributed by atoms with E-state index >= 15 is 0 Å². The van der Waals surface area contributed by atoms with Crippen molar-refractivity contribution in [2.24, 2.45) is 0 Å². The first-order valence-corrected chi connectivity index (χ1v) is 8.51. The van der Waals surface area contributed by atoms with E-state index in [-0.39, 0.29) is 12.1 Å². The van der Waals surface area contributed by atoms with Gasteiger partial charge in [0.15, 0.2) is 0 Å². The van der Waals surface area contributed by atoms with Gasteiger partial charge in [0, 0.05) is 19.1 Å². The highest BCUT2D eigenvalue weighted by Crippen LogP contribution is 2.19. The molecule has 1 aliphatic heterocycles. The van der Waals surface area contributed by atoms with E-state index in [0.29, 0.717) is 13.1 Å². The molecule has 1 saturated heterocycles. The molecule has 0 aromatic rings. The van der Waals surface area contributed by atoms with Crippen LogP contribution in [-0.4, -0.2) is 50.6 Å². The van der Waals surface area contributed by atoms with E-state index in [1.807, 2.05) is 11.6 Å². The SMILES string of the molecule is CCNCC1CCCCN1S(=O)(=O)NC(=O)OC(C)C. The molecule has 7 nitrogen and oxygen atoms in total. The largest absolute Gasteiger partial charge is 0.446 e. The standard InChI is InChI=1S/C12H25N3O4S/c1-4-13-9-11-7-5-6-8-15(11)20(17,18)14-12(16)19-10(2)3/h10-11,13H,4-9H2,1-3H3,(H,14,16). The Bertz CT molecular complexity index is 411. The molecule has 0 radical (unpaired) electrons. The number of piperidine rings is 1. The summed E-state index contributed by atoms with van der Waals surface area (Å²) in [5.74, 6) is 0. The average Bonchev–Trinajstić information content (AvgIpc) is 2.34. The smallest absolute Gasteiger partial charge is 0.422 e. The van der Waals surface area contributed by atoms with Gasteiger partial charge in [0.05, 0.1) is 6.10 Å². The Kier molecular flexibility index (Phi) is 6.70. The summed E-state index contributed by atoms with van der Waals surface area (Å²) in [5.41, 5.74) is 0. The van der Waals surface area contributed by atoms with Crippen molar-refractivity contribution in [1.82, 2.24) is 14.3 Å². The highest BCUT2D eigenvalue weighted by Gasteiger charge is 2.33. The second-order valence-corrected chi connectivity index (χ2v) is 6.75. The number of rotatable bonds is 6. The summed E-state index contributed by atoms with van der Waals surface area (Å²) >= 11 is 0. The molecule has 1 amide bonds. The Morgan fingerprint density at radius 1 is 1.40 bits per heavy atom. The second-order valence-electron chi connectivity index (χ2n) is 5.13. The predicted octanol–water partition coefficient (Wildman–Crippen LogP) is 0.830. The first-order chi connectivity index (χ1) is 9.36. The Labute approximate surface area is 121 Å². The Balaban J connectivity index is 2.69. The van der Waals surface area contributed by atoms with Gasteiger partial charge in [-0.15, -0.1) is 0 Å². The minimum Gasteiger partial charge on any atom is -0.446 e. The van der Waals surface area contributed by atoms with Crippen LogP contribution in [0, 0.1) is 0 Å². The van der Waals surface area contributed by atoms with Crippen molar-refractivity contribution in [3.05, 3.63) is 0 Å². The van der Waals surface area contributed by atoms with Gasteiger partial charge < -0.3 is 10.1 Å². The third kappa shape index (κ3) is 5.26. The average molecular weight is 307 g/mol. The van der Waals surface area contributed by atoms with Gasteiger partial charge in [-0.2, -0.15) is 12.7 Å². The molecule has 0 bridgehead atoms. The van der Waals surface area contributed by atoms with Gasteiger partial charge in [-0.25, -0.2) is 9.52 Å². The molecule has 1 unspecified atom stereocenters. The summed E-state index contributed by atoms with van der Waals surface area (Å²) in [5, 5.41) is 3.16. The molecule has 0 aromatic heterocycles. The van der Waals surface area contributed by atoms with Crippen molar-refractivity contribution in [2.75, 3.05) is 19.6 Å². The Morgan fingerprint density at radius 3 is 2.70 bits per heavy atom. The topological polar surface area (TPSA) is 87.7 Å². The molecule has 118 valence electrons. The number of hydrogen-bond acceptors (Lipinski definition) is 5. The van der Waals surface area contributed by atoms with E-state index in [1.165, 1.54) is 4.31 Å². The minimum atomic E-state index is -3.84. The minimum absolute atomic E-state index is 0.118. The molecule has 0 aliphatic carbocycles. The van der Waals surface area contributed by atoms with Crippen molar-refractivity contribution in [2.45, 2.75) is 52.2 Å². The number of hydrogen-bond donors (Lipinski definition) is 2. The van der Waals surface area contributed by atoms with Crippen molar-refractivity contribution in [1.29, 1.82) is 0 Å². The van der Waals surface area contributed by atoms with E-state index in [9.17, 15) is 13.2 Å². The summed E-state index contributed by atoms with van der Waals surface area (Å²) < 4.78 is 32.6. The fourth-order valence-corrected chi connectivity index (χ4v) is 3.53. The van der Waals surface area contributed by atoms with Crippen LogP contribution in [0.4, 0.5) is 4.79 Å². The van der Waals surface area contributed by atoms with Crippen LogP contribution in [0.15, 0.2) is 0 Å². The van der Waals surface area contributed by atoms with Gasteiger partial charge in [-0.1, -0.05) is 13.3 Å². The Morgan fingerprint density at radius 2 is 2.10 bits per heavy atom. The summed E-state index contributed by atoms with van der Waals surface area (Å²) in [4.78, 5) is 11.5. The number of amides is 1. The highest BCUT2D eigenvalue weighted by molar-refractivity contribution is 7.87. The summed E-state index contributed by atoms with van der Waals surface area (Å²) in [6.45, 7) is 7.12. The van der Waals surface area contributed by atoms with Gasteiger partial charge in [0.25, 0.3) is 0 Å². The number of carbonyl (C=O) groups is 1. The molecular formula is C12H25N3O4S. The quantitative estimate of drug-likeness (QED) is 0.759. The van der Waals surface area contributed by atoms with Crippen LogP contribution in [0.2, 0.25) is 0 Å². The second kappa shape index (κ2) is 7.80. The van der Waals surface area contributed by atoms with E-state index in [4.69, 9.17) is 4.74 Å². The number of carbonyl (C=O) groups excluding carboxylic acids is 1. The molecule has 1 rings (SSSR count). The van der Waals surface area contributed by atoms with Gasteiger partial charge in [-0.3, -0.25) is 0 Å². The zero-order valence-electron chi connectivity index (χ0n) is 12.4. The molecule has 20 heavy (non-hydrogen) atoms. The van der Waals surface area contributed by atoms with Crippen LogP contribution >= 0.6 is 0 Å². The normalized spacial score (nSPS) is 20.9. The fourth-order valence-electron chi connectivity index (χ4n) is 2.21. The van der Waals surface area contributed by atoms with Crippen molar-refractivity contribution in [3.63, 3.8) is 0 Å². The monoisotopic (exact) mass is 307 g/mol. The maximum Gasteiger partial charge on any atom is 0.422 e. The molecule has 2 N–H and O–H groups in total. The van der Waals surface area contributed by atoms with Crippen molar-refractivity contribution >= 4 is 16.3 Å². The molecular weight excluding hydrogens is 282 g/mol. The molecule has 8 heteroatoms. The van der Waals surface area contributed by atoms with E-state index in [0.717, 1.165) is 25.8 Å². The van der Waals surface area contributed by atoms with Gasteiger partial charge in [-0.05, 0) is 33.2 Å². The van der Waals surface area contributed by atoms with Gasteiger partial charge in [0.2, 0.25) is 0 Å². The van der Waals surface area contributed by atoms with Crippen LogP contribution in [0.25, 0.3) is 0 Å². The third-order valence-corrected chi connectivity index (χ3v) is 4.59. The first kappa shape index (κ1) is 17.2. The molecule has 1 atom stereocenters. The zero-order valence-corrected chi connectivity index (χ0v) is 13.2. The summed E-state index contributed by atoms with van der Waals surface area (Å²) in [6, 6.07) is -0.118. The van der Waals surface area contributed by atoms with E-state index in [2.05, 4.69) is 5.32 Å². The molecule has 1 fully saturated rings. The number of ether oxygens (including phenoxy) is 1. The molecule has 1 heterocycles. The maximum absolute atomic E-state index is 12.2. The van der Waals surface area contributed by atoms with E-state index in [1.54, 1.807) is 13.8 Å². The lowest BCUT2D eigenvalue weighted by molar-refractivity contribution is 0.120. The van der Waals surface area contributed by atoms with E-state index < -0.39 is 16.3 Å². The number of nitrogens with zero attached hydrogens (tertiary/aromatic N) is 1.